The van der Waals surface area contributed by atoms with Crippen LogP contribution in [0.1, 0.15) is 23.0 Å². The summed E-state index contributed by atoms with van der Waals surface area (Å²) >= 11 is 6.12. The zero-order valence-electron chi connectivity index (χ0n) is 13.9. The maximum Gasteiger partial charge on any atom is 0.335 e. The lowest BCUT2D eigenvalue weighted by atomic mass is 10.1. The fourth-order valence-electron chi connectivity index (χ4n) is 2.42. The maximum atomic E-state index is 12.4. The molecule has 2 aromatic rings. The van der Waals surface area contributed by atoms with Gasteiger partial charge < -0.3 is 14.6 Å². The molecule has 1 aliphatic heterocycles. The van der Waals surface area contributed by atoms with Crippen LogP contribution in [-0.4, -0.2) is 43.3 Å². The lowest BCUT2D eigenvalue weighted by Crippen LogP contribution is -2.41. The molecule has 2 N–H and O–H groups in total. The van der Waals surface area contributed by atoms with E-state index >= 15 is 0 Å². The lowest BCUT2D eigenvalue weighted by Gasteiger charge is -2.18. The summed E-state index contributed by atoms with van der Waals surface area (Å²) in [6.45, 7) is 1.39. The van der Waals surface area contributed by atoms with Gasteiger partial charge in [0.2, 0.25) is 0 Å². The van der Waals surface area contributed by atoms with Crippen LogP contribution in [0.3, 0.4) is 0 Å². The second kappa shape index (κ2) is 7.37. The molecular formula is C18H13NO6S2. The molecule has 1 aromatic heterocycles. The topological polar surface area (TPSA) is 108 Å². The molecule has 138 valence electrons. The molecule has 1 fully saturated rings. The number of carboxylic acids is 2. The third-order valence-electron chi connectivity index (χ3n) is 3.88. The van der Waals surface area contributed by atoms with Crippen LogP contribution in [0.25, 0.3) is 17.4 Å². The summed E-state index contributed by atoms with van der Waals surface area (Å²) in [4.78, 5) is 35.8. The first-order chi connectivity index (χ1) is 12.8. The second-order valence-electron chi connectivity index (χ2n) is 5.65. The number of hydrogen-bond donors (Lipinski definition) is 2. The molecule has 1 aliphatic rings. The number of amides is 1. The first kappa shape index (κ1) is 18.9. The number of carbonyl (C=O) groups is 3. The van der Waals surface area contributed by atoms with Crippen LogP contribution in [0.5, 0.6) is 0 Å². The van der Waals surface area contributed by atoms with E-state index in [2.05, 4.69) is 0 Å². The smallest absolute Gasteiger partial charge is 0.335 e. The quantitative estimate of drug-likeness (QED) is 0.578. The van der Waals surface area contributed by atoms with Crippen LogP contribution in [0.2, 0.25) is 0 Å². The van der Waals surface area contributed by atoms with Crippen molar-refractivity contribution >= 4 is 52.2 Å². The number of benzene rings is 1. The minimum absolute atomic E-state index is 0.168. The molecule has 0 spiro atoms. The zero-order chi connectivity index (χ0) is 19.7. The molecular weight excluding hydrogens is 390 g/mol. The Morgan fingerprint density at radius 1 is 1.19 bits per heavy atom. The normalized spacial score (nSPS) is 16.8. The number of rotatable bonds is 5. The summed E-state index contributed by atoms with van der Waals surface area (Å²) in [5.74, 6) is -1.73. The van der Waals surface area contributed by atoms with E-state index in [0.717, 1.165) is 16.7 Å². The Kier molecular flexibility index (Phi) is 5.15. The Bertz CT molecular complexity index is 976. The highest BCUT2D eigenvalue weighted by Gasteiger charge is 2.38. The van der Waals surface area contributed by atoms with Crippen LogP contribution in [0, 0.1) is 0 Å². The van der Waals surface area contributed by atoms with E-state index < -0.39 is 23.9 Å². The summed E-state index contributed by atoms with van der Waals surface area (Å²) in [7, 11) is 0. The van der Waals surface area contributed by atoms with Crippen molar-refractivity contribution < 1.29 is 29.0 Å². The summed E-state index contributed by atoms with van der Waals surface area (Å²) in [5.41, 5.74) is 0.855. The van der Waals surface area contributed by atoms with Gasteiger partial charge in [-0.05, 0) is 31.2 Å². The van der Waals surface area contributed by atoms with Gasteiger partial charge in [0, 0.05) is 11.6 Å². The second-order valence-corrected chi connectivity index (χ2v) is 7.33. The standard InChI is InChI=1S/C18H13NO6S2/c1-9(16(21)22)19-15(20)14(27-18(19)26)8-12-6-7-13(25-12)10-2-4-11(5-3-10)17(23)24/h2-9H,1H3,(H,21,22)(H,23,24)/b14-8-. The summed E-state index contributed by atoms with van der Waals surface area (Å²) < 4.78 is 5.87. The molecule has 1 aromatic carbocycles. The van der Waals surface area contributed by atoms with Crippen molar-refractivity contribution in [2.24, 2.45) is 0 Å². The van der Waals surface area contributed by atoms with Crippen LogP contribution in [0.15, 0.2) is 45.7 Å². The predicted molar refractivity (Wildman–Crippen MR) is 103 cm³/mol. The predicted octanol–water partition coefficient (Wildman–Crippen LogP) is 3.32. The van der Waals surface area contributed by atoms with Gasteiger partial charge in [-0.1, -0.05) is 36.1 Å². The van der Waals surface area contributed by atoms with Gasteiger partial charge in [0.25, 0.3) is 5.91 Å². The average Bonchev–Trinajstić information content (AvgIpc) is 3.19. The molecule has 0 bridgehead atoms. The van der Waals surface area contributed by atoms with Crippen LogP contribution < -0.4 is 0 Å². The third kappa shape index (κ3) is 3.79. The van der Waals surface area contributed by atoms with Crippen molar-refractivity contribution in [1.82, 2.24) is 4.90 Å². The molecule has 0 radical (unpaired) electrons. The van der Waals surface area contributed by atoms with Gasteiger partial charge in [0.05, 0.1) is 10.5 Å². The monoisotopic (exact) mass is 403 g/mol. The first-order valence-corrected chi connectivity index (χ1v) is 8.94. The number of aliphatic carboxylic acids is 1. The van der Waals surface area contributed by atoms with Gasteiger partial charge in [0.15, 0.2) is 0 Å². The van der Waals surface area contributed by atoms with E-state index in [-0.39, 0.29) is 14.8 Å². The minimum Gasteiger partial charge on any atom is -0.480 e. The van der Waals surface area contributed by atoms with Gasteiger partial charge in [-0.3, -0.25) is 9.69 Å². The number of thiocarbonyl (C=S) groups is 1. The van der Waals surface area contributed by atoms with Gasteiger partial charge in [0.1, 0.15) is 21.9 Å². The van der Waals surface area contributed by atoms with E-state index in [0.29, 0.717) is 17.1 Å². The molecule has 1 amide bonds. The zero-order valence-corrected chi connectivity index (χ0v) is 15.5. The highest BCUT2D eigenvalue weighted by Crippen LogP contribution is 2.34. The van der Waals surface area contributed by atoms with E-state index in [4.69, 9.17) is 26.8 Å². The van der Waals surface area contributed by atoms with E-state index in [9.17, 15) is 14.4 Å². The van der Waals surface area contributed by atoms with Crippen molar-refractivity contribution in [3.05, 3.63) is 52.6 Å². The SMILES string of the molecule is CC(C(=O)O)N1C(=O)/C(=C/c2ccc(-c3ccc(C(=O)O)cc3)o2)SC1=S. The lowest BCUT2D eigenvalue weighted by molar-refractivity contribution is -0.144. The van der Waals surface area contributed by atoms with E-state index in [1.807, 2.05) is 0 Å². The van der Waals surface area contributed by atoms with Crippen LogP contribution in [0.4, 0.5) is 0 Å². The Balaban J connectivity index is 1.83. The van der Waals surface area contributed by atoms with Crippen molar-refractivity contribution in [3.8, 4) is 11.3 Å². The molecule has 9 heteroatoms. The van der Waals surface area contributed by atoms with Crippen LogP contribution in [-0.2, 0) is 9.59 Å². The first-order valence-electron chi connectivity index (χ1n) is 7.71. The van der Waals surface area contributed by atoms with Crippen molar-refractivity contribution in [3.63, 3.8) is 0 Å². The van der Waals surface area contributed by atoms with Crippen molar-refractivity contribution in [2.45, 2.75) is 13.0 Å². The average molecular weight is 403 g/mol. The number of carbonyl (C=O) groups excluding carboxylic acids is 1. The molecule has 0 aliphatic carbocycles. The van der Waals surface area contributed by atoms with Gasteiger partial charge in [-0.2, -0.15) is 0 Å². The number of nitrogens with zero attached hydrogens (tertiary/aromatic N) is 1. The van der Waals surface area contributed by atoms with E-state index in [1.165, 1.54) is 25.1 Å². The minimum atomic E-state index is -1.14. The number of carboxylic acid groups (broad SMARTS) is 2. The summed E-state index contributed by atoms with van der Waals surface area (Å²) in [5, 5.41) is 18.0. The third-order valence-corrected chi connectivity index (χ3v) is 5.22. The van der Waals surface area contributed by atoms with E-state index in [1.54, 1.807) is 24.3 Å². The Morgan fingerprint density at radius 3 is 2.44 bits per heavy atom. The molecule has 2 heterocycles. The number of aromatic carboxylic acids is 1. The Labute approximate surface area is 163 Å². The molecule has 1 saturated heterocycles. The molecule has 7 nitrogen and oxygen atoms in total. The summed E-state index contributed by atoms with van der Waals surface area (Å²) in [6, 6.07) is 8.50. The number of furan rings is 1. The largest absolute Gasteiger partial charge is 0.480 e. The van der Waals surface area contributed by atoms with Crippen LogP contribution >= 0.6 is 24.0 Å². The molecule has 3 rings (SSSR count). The Morgan fingerprint density at radius 2 is 1.85 bits per heavy atom. The number of thioether (sulfide) groups is 1. The highest BCUT2D eigenvalue weighted by molar-refractivity contribution is 8.26. The number of hydrogen-bond acceptors (Lipinski definition) is 6. The molecule has 0 saturated carbocycles. The Hall–Kier alpha value is -2.91. The fraction of sp³-hybridized carbons (Fsp3) is 0.111. The van der Waals surface area contributed by atoms with Gasteiger partial charge in [-0.25, -0.2) is 9.59 Å². The molecule has 27 heavy (non-hydrogen) atoms. The molecule has 1 unspecified atom stereocenters. The maximum absolute atomic E-state index is 12.4. The molecule has 1 atom stereocenters. The van der Waals surface area contributed by atoms with Crippen molar-refractivity contribution in [1.29, 1.82) is 0 Å². The van der Waals surface area contributed by atoms with Gasteiger partial charge in [-0.15, -0.1) is 0 Å². The summed E-state index contributed by atoms with van der Waals surface area (Å²) in [6.07, 6.45) is 1.50. The highest BCUT2D eigenvalue weighted by atomic mass is 32.2. The van der Waals surface area contributed by atoms with Crippen molar-refractivity contribution in [2.75, 3.05) is 0 Å². The fourth-order valence-corrected chi connectivity index (χ4v) is 3.81. The van der Waals surface area contributed by atoms with Gasteiger partial charge >= 0.3 is 11.9 Å².